The summed E-state index contributed by atoms with van der Waals surface area (Å²) in [7, 11) is 1.52. The van der Waals surface area contributed by atoms with E-state index < -0.39 is 23.3 Å². The van der Waals surface area contributed by atoms with Crippen LogP contribution in [-0.2, 0) is 19.1 Å². The monoisotopic (exact) mass is 298 g/mol. The molecule has 0 heterocycles. The zero-order valence-corrected chi connectivity index (χ0v) is 13.5. The standard InChI is InChI=1S/C15H26N2O4/c1-7-8-21-11(18)9-10(2)13(19)17-12(14(20)16-6)15(3,4)5/h7,10,12H,1,8-9H2,2-6H3,(H,16,20)(H,17,19)/t10-,12-/m1/s1. The Morgan fingerprint density at radius 3 is 2.24 bits per heavy atom. The third-order valence-electron chi connectivity index (χ3n) is 2.94. The molecular formula is C15H26N2O4. The van der Waals surface area contributed by atoms with E-state index in [1.807, 2.05) is 20.8 Å². The smallest absolute Gasteiger partial charge is 0.306 e. The number of esters is 1. The van der Waals surface area contributed by atoms with Crippen LogP contribution >= 0.6 is 0 Å². The van der Waals surface area contributed by atoms with Crippen molar-refractivity contribution in [3.8, 4) is 0 Å². The van der Waals surface area contributed by atoms with Crippen LogP contribution in [0.15, 0.2) is 12.7 Å². The summed E-state index contributed by atoms with van der Waals surface area (Å²) >= 11 is 0. The fourth-order valence-corrected chi connectivity index (χ4v) is 1.66. The molecule has 0 spiro atoms. The first-order chi connectivity index (χ1) is 9.63. The van der Waals surface area contributed by atoms with Gasteiger partial charge in [-0.15, -0.1) is 0 Å². The summed E-state index contributed by atoms with van der Waals surface area (Å²) in [5.41, 5.74) is -0.432. The van der Waals surface area contributed by atoms with Gasteiger partial charge in [-0.2, -0.15) is 0 Å². The average molecular weight is 298 g/mol. The van der Waals surface area contributed by atoms with Crippen LogP contribution < -0.4 is 10.6 Å². The fraction of sp³-hybridized carbons (Fsp3) is 0.667. The van der Waals surface area contributed by atoms with Crippen molar-refractivity contribution in [2.75, 3.05) is 13.7 Å². The van der Waals surface area contributed by atoms with Crippen LogP contribution in [0, 0.1) is 11.3 Å². The van der Waals surface area contributed by atoms with Gasteiger partial charge >= 0.3 is 5.97 Å². The van der Waals surface area contributed by atoms with Crippen molar-refractivity contribution in [1.29, 1.82) is 0 Å². The summed E-state index contributed by atoms with van der Waals surface area (Å²) in [5.74, 6) is -1.66. The Labute approximate surface area is 126 Å². The summed E-state index contributed by atoms with van der Waals surface area (Å²) in [6, 6.07) is -0.665. The van der Waals surface area contributed by atoms with E-state index in [4.69, 9.17) is 4.74 Å². The number of hydrogen-bond acceptors (Lipinski definition) is 4. The quantitative estimate of drug-likeness (QED) is 0.543. The van der Waals surface area contributed by atoms with Crippen LogP contribution in [0.1, 0.15) is 34.1 Å². The van der Waals surface area contributed by atoms with E-state index in [0.29, 0.717) is 0 Å². The zero-order valence-electron chi connectivity index (χ0n) is 13.5. The summed E-state index contributed by atoms with van der Waals surface area (Å²) in [4.78, 5) is 35.4. The van der Waals surface area contributed by atoms with Crippen molar-refractivity contribution in [3.63, 3.8) is 0 Å². The first kappa shape index (κ1) is 19.1. The molecule has 0 aliphatic carbocycles. The van der Waals surface area contributed by atoms with E-state index in [1.54, 1.807) is 6.92 Å². The molecule has 6 nitrogen and oxygen atoms in total. The van der Waals surface area contributed by atoms with Crippen molar-refractivity contribution in [1.82, 2.24) is 10.6 Å². The lowest BCUT2D eigenvalue weighted by molar-refractivity contribution is -0.145. The van der Waals surface area contributed by atoms with Crippen LogP contribution in [0.2, 0.25) is 0 Å². The molecule has 0 saturated heterocycles. The van der Waals surface area contributed by atoms with Gasteiger partial charge in [-0.05, 0) is 5.41 Å². The number of likely N-dealkylation sites (N-methyl/N-ethyl adjacent to an activating group) is 1. The highest BCUT2D eigenvalue weighted by molar-refractivity contribution is 5.90. The number of ether oxygens (including phenoxy) is 1. The highest BCUT2D eigenvalue weighted by Crippen LogP contribution is 2.20. The minimum Gasteiger partial charge on any atom is -0.461 e. The third-order valence-corrected chi connectivity index (χ3v) is 2.94. The van der Waals surface area contributed by atoms with Gasteiger partial charge in [0.2, 0.25) is 11.8 Å². The molecule has 6 heteroatoms. The molecule has 0 saturated carbocycles. The number of nitrogens with one attached hydrogen (secondary N) is 2. The Morgan fingerprint density at radius 1 is 1.24 bits per heavy atom. The second kappa shape index (κ2) is 8.44. The molecule has 0 fully saturated rings. The van der Waals surface area contributed by atoms with Crippen molar-refractivity contribution in [2.45, 2.75) is 40.2 Å². The SMILES string of the molecule is C=CCOC(=O)C[C@@H](C)C(=O)N[C@H](C(=O)NC)C(C)(C)C. The Hall–Kier alpha value is -1.85. The summed E-state index contributed by atoms with van der Waals surface area (Å²) in [6.45, 7) is 10.8. The number of hydrogen-bond donors (Lipinski definition) is 2. The van der Waals surface area contributed by atoms with E-state index in [0.717, 1.165) is 0 Å². The maximum atomic E-state index is 12.1. The molecule has 0 rings (SSSR count). The zero-order chi connectivity index (χ0) is 16.6. The van der Waals surface area contributed by atoms with Gasteiger partial charge < -0.3 is 15.4 Å². The lowest BCUT2D eigenvalue weighted by Gasteiger charge is -2.30. The Kier molecular flexibility index (Phi) is 7.70. The van der Waals surface area contributed by atoms with Gasteiger partial charge in [0.1, 0.15) is 12.6 Å². The molecule has 0 aromatic carbocycles. The number of amides is 2. The average Bonchev–Trinajstić information content (AvgIpc) is 2.39. The van der Waals surface area contributed by atoms with E-state index in [-0.39, 0.29) is 24.8 Å². The number of carbonyl (C=O) groups excluding carboxylic acids is 3. The Bertz CT molecular complexity index is 399. The summed E-state index contributed by atoms with van der Waals surface area (Å²) in [5, 5.41) is 5.22. The summed E-state index contributed by atoms with van der Waals surface area (Å²) < 4.78 is 4.84. The Balaban J connectivity index is 4.65. The molecule has 21 heavy (non-hydrogen) atoms. The van der Waals surface area contributed by atoms with E-state index in [9.17, 15) is 14.4 Å². The van der Waals surface area contributed by atoms with Crippen molar-refractivity contribution in [3.05, 3.63) is 12.7 Å². The highest BCUT2D eigenvalue weighted by Gasteiger charge is 2.33. The maximum Gasteiger partial charge on any atom is 0.306 e. The third kappa shape index (κ3) is 6.92. The first-order valence-corrected chi connectivity index (χ1v) is 6.92. The van der Waals surface area contributed by atoms with Gasteiger partial charge in [0, 0.05) is 13.0 Å². The van der Waals surface area contributed by atoms with Crippen LogP contribution in [0.3, 0.4) is 0 Å². The van der Waals surface area contributed by atoms with Gasteiger partial charge in [-0.3, -0.25) is 14.4 Å². The molecule has 2 N–H and O–H groups in total. The molecule has 0 aliphatic heterocycles. The fourth-order valence-electron chi connectivity index (χ4n) is 1.66. The van der Waals surface area contributed by atoms with Gasteiger partial charge in [0.25, 0.3) is 0 Å². The molecule has 0 bridgehead atoms. The van der Waals surface area contributed by atoms with Crippen LogP contribution in [0.5, 0.6) is 0 Å². The maximum absolute atomic E-state index is 12.1. The molecule has 120 valence electrons. The van der Waals surface area contributed by atoms with Crippen LogP contribution in [-0.4, -0.2) is 37.5 Å². The summed E-state index contributed by atoms with van der Waals surface area (Å²) in [6.07, 6.45) is 1.42. The Morgan fingerprint density at radius 2 is 1.81 bits per heavy atom. The first-order valence-electron chi connectivity index (χ1n) is 6.92. The van der Waals surface area contributed by atoms with Gasteiger partial charge in [-0.1, -0.05) is 40.3 Å². The molecule has 2 amide bonds. The predicted molar refractivity (Wildman–Crippen MR) is 80.4 cm³/mol. The topological polar surface area (TPSA) is 84.5 Å². The highest BCUT2D eigenvalue weighted by atomic mass is 16.5. The molecule has 0 aromatic heterocycles. The number of rotatable bonds is 7. The van der Waals surface area contributed by atoms with Crippen molar-refractivity contribution >= 4 is 17.8 Å². The van der Waals surface area contributed by atoms with Crippen LogP contribution in [0.4, 0.5) is 0 Å². The largest absolute Gasteiger partial charge is 0.461 e. The van der Waals surface area contributed by atoms with E-state index in [2.05, 4.69) is 17.2 Å². The lowest BCUT2D eigenvalue weighted by Crippen LogP contribution is -2.54. The van der Waals surface area contributed by atoms with Crippen molar-refractivity contribution in [2.24, 2.45) is 11.3 Å². The molecular weight excluding hydrogens is 272 g/mol. The van der Waals surface area contributed by atoms with Crippen molar-refractivity contribution < 1.29 is 19.1 Å². The molecule has 0 unspecified atom stereocenters. The minimum atomic E-state index is -0.665. The van der Waals surface area contributed by atoms with E-state index in [1.165, 1.54) is 13.1 Å². The molecule has 0 aromatic rings. The second-order valence-electron chi connectivity index (χ2n) is 6.00. The van der Waals surface area contributed by atoms with Gasteiger partial charge in [-0.25, -0.2) is 0 Å². The number of carbonyl (C=O) groups is 3. The van der Waals surface area contributed by atoms with Gasteiger partial charge in [0.05, 0.1) is 6.42 Å². The second-order valence-corrected chi connectivity index (χ2v) is 6.00. The molecule has 0 radical (unpaired) electrons. The lowest BCUT2D eigenvalue weighted by atomic mass is 9.85. The molecule has 2 atom stereocenters. The minimum absolute atomic E-state index is 0.0374. The molecule has 0 aliphatic rings. The van der Waals surface area contributed by atoms with Crippen LogP contribution in [0.25, 0.3) is 0 Å². The normalized spacial score (nSPS) is 13.8. The predicted octanol–water partition coefficient (Wildman–Crippen LogP) is 1.02. The van der Waals surface area contributed by atoms with Gasteiger partial charge in [0.15, 0.2) is 0 Å². The van der Waals surface area contributed by atoms with E-state index >= 15 is 0 Å².